The van der Waals surface area contributed by atoms with Crippen molar-refractivity contribution in [1.82, 2.24) is 5.32 Å². The minimum absolute atomic E-state index is 0.356. The van der Waals surface area contributed by atoms with Crippen molar-refractivity contribution in [2.75, 3.05) is 4.90 Å². The summed E-state index contributed by atoms with van der Waals surface area (Å²) in [6.45, 7) is 0. The third-order valence-corrected chi connectivity index (χ3v) is 4.35. The molecule has 1 aliphatic heterocycles. The summed E-state index contributed by atoms with van der Waals surface area (Å²) in [7, 11) is 0. The first-order valence-corrected chi connectivity index (χ1v) is 8.37. The molecule has 1 aliphatic rings. The second kappa shape index (κ2) is 7.16. The highest BCUT2D eigenvalue weighted by Crippen LogP contribution is 2.25. The number of aliphatic imine (C=N–C) groups is 1. The highest BCUT2D eigenvalue weighted by atomic mass is 79.9. The molecule has 0 radical (unpaired) electrons. The first-order valence-electron chi connectivity index (χ1n) is 7.20. The Morgan fingerprint density at radius 3 is 2.44 bits per heavy atom. The number of para-hydroxylation sites is 1. The predicted molar refractivity (Wildman–Crippen MR) is 98.3 cm³/mol. The van der Waals surface area contributed by atoms with E-state index in [-0.39, 0.29) is 0 Å². The first kappa shape index (κ1) is 17.3. The molecule has 8 heteroatoms. The van der Waals surface area contributed by atoms with Crippen molar-refractivity contribution in [3.05, 3.63) is 58.0 Å². The van der Waals surface area contributed by atoms with Gasteiger partial charge in [-0.05, 0) is 36.4 Å². The minimum atomic E-state index is -1.22. The smallest absolute Gasteiger partial charge is 0.276 e. The standard InChI is InChI=1S/C17H11BrClN3O3/c18-10-5-7-11(8-6-10)22-16(24)12(15(23)21-17(22)25)9-20-14-4-2-1-3-13(14)19/h1-9,12H,(H,21,23,25)/t12-/m0/s1. The predicted octanol–water partition coefficient (Wildman–Crippen LogP) is 3.70. The number of carbonyl (C=O) groups is 3. The van der Waals surface area contributed by atoms with Crippen LogP contribution in [0.2, 0.25) is 5.02 Å². The molecular weight excluding hydrogens is 410 g/mol. The van der Waals surface area contributed by atoms with Crippen molar-refractivity contribution in [2.45, 2.75) is 0 Å². The van der Waals surface area contributed by atoms with Gasteiger partial charge in [0.15, 0.2) is 5.92 Å². The SMILES string of the molecule is O=C1NC(=O)N(c2ccc(Br)cc2)C(=O)[C@H]1C=Nc1ccccc1Cl. The average Bonchev–Trinajstić information content (AvgIpc) is 2.57. The summed E-state index contributed by atoms with van der Waals surface area (Å²) in [5.74, 6) is -2.62. The topological polar surface area (TPSA) is 78.8 Å². The van der Waals surface area contributed by atoms with Gasteiger partial charge in [0.05, 0.1) is 16.4 Å². The van der Waals surface area contributed by atoms with Crippen LogP contribution in [0.1, 0.15) is 0 Å². The molecule has 0 aliphatic carbocycles. The zero-order valence-corrected chi connectivity index (χ0v) is 15.0. The summed E-state index contributed by atoms with van der Waals surface area (Å²) >= 11 is 9.30. The molecule has 0 unspecified atom stereocenters. The molecular formula is C17H11BrClN3O3. The molecule has 0 spiro atoms. The van der Waals surface area contributed by atoms with Crippen LogP contribution in [0, 0.1) is 5.92 Å². The van der Waals surface area contributed by atoms with E-state index >= 15 is 0 Å². The number of rotatable bonds is 3. The first-order chi connectivity index (χ1) is 12.0. The number of nitrogens with zero attached hydrogens (tertiary/aromatic N) is 2. The van der Waals surface area contributed by atoms with Crippen LogP contribution < -0.4 is 10.2 Å². The number of barbiturate groups is 1. The monoisotopic (exact) mass is 419 g/mol. The molecule has 0 bridgehead atoms. The van der Waals surface area contributed by atoms with E-state index in [4.69, 9.17) is 11.6 Å². The van der Waals surface area contributed by atoms with Gasteiger partial charge < -0.3 is 0 Å². The Hall–Kier alpha value is -2.51. The lowest BCUT2D eigenvalue weighted by Gasteiger charge is -2.28. The van der Waals surface area contributed by atoms with Crippen molar-refractivity contribution < 1.29 is 14.4 Å². The summed E-state index contributed by atoms with van der Waals surface area (Å²) in [6, 6.07) is 12.6. The molecule has 3 rings (SSSR count). The Labute approximate surface area is 156 Å². The Kier molecular flexibility index (Phi) is 4.96. The average molecular weight is 421 g/mol. The molecule has 1 atom stereocenters. The minimum Gasteiger partial charge on any atom is -0.276 e. The molecule has 25 heavy (non-hydrogen) atoms. The molecule has 2 aromatic rings. The Balaban J connectivity index is 1.90. The number of benzene rings is 2. The third-order valence-electron chi connectivity index (χ3n) is 3.50. The van der Waals surface area contributed by atoms with Crippen LogP contribution in [-0.4, -0.2) is 24.1 Å². The number of halogens is 2. The number of hydrogen-bond acceptors (Lipinski definition) is 4. The molecule has 126 valence electrons. The lowest BCUT2D eigenvalue weighted by atomic mass is 10.1. The van der Waals surface area contributed by atoms with Gasteiger partial charge in [0, 0.05) is 10.7 Å². The maximum atomic E-state index is 12.6. The van der Waals surface area contributed by atoms with Gasteiger partial charge in [-0.25, -0.2) is 9.69 Å². The van der Waals surface area contributed by atoms with Crippen molar-refractivity contribution in [2.24, 2.45) is 10.9 Å². The molecule has 1 fully saturated rings. The zero-order chi connectivity index (χ0) is 18.0. The lowest BCUT2D eigenvalue weighted by molar-refractivity contribution is -0.131. The molecule has 1 saturated heterocycles. The summed E-state index contributed by atoms with van der Waals surface area (Å²) in [6.07, 6.45) is 1.19. The number of hydrogen-bond donors (Lipinski definition) is 1. The maximum Gasteiger partial charge on any atom is 0.335 e. The van der Waals surface area contributed by atoms with Crippen molar-refractivity contribution >= 4 is 63.0 Å². The second-order valence-corrected chi connectivity index (χ2v) is 6.47. The fourth-order valence-corrected chi connectivity index (χ4v) is 2.72. The van der Waals surface area contributed by atoms with E-state index in [1.807, 2.05) is 0 Å². The number of amides is 4. The van der Waals surface area contributed by atoms with Crippen molar-refractivity contribution in [3.8, 4) is 0 Å². The third kappa shape index (κ3) is 3.62. The van der Waals surface area contributed by atoms with Gasteiger partial charge in [-0.2, -0.15) is 0 Å². The zero-order valence-electron chi connectivity index (χ0n) is 12.6. The van der Waals surface area contributed by atoms with Gasteiger partial charge in [-0.15, -0.1) is 0 Å². The Morgan fingerprint density at radius 2 is 1.76 bits per heavy atom. The van der Waals surface area contributed by atoms with E-state index in [1.54, 1.807) is 48.5 Å². The van der Waals surface area contributed by atoms with Gasteiger partial charge in [0.2, 0.25) is 5.91 Å². The Morgan fingerprint density at radius 1 is 1.08 bits per heavy atom. The largest absolute Gasteiger partial charge is 0.335 e. The van der Waals surface area contributed by atoms with Crippen LogP contribution in [0.5, 0.6) is 0 Å². The van der Waals surface area contributed by atoms with Crippen LogP contribution in [-0.2, 0) is 9.59 Å². The molecule has 2 aromatic carbocycles. The normalized spacial score (nSPS) is 17.9. The van der Waals surface area contributed by atoms with E-state index in [1.165, 1.54) is 6.21 Å². The van der Waals surface area contributed by atoms with Gasteiger partial charge in [-0.1, -0.05) is 39.7 Å². The van der Waals surface area contributed by atoms with Crippen LogP contribution in [0.3, 0.4) is 0 Å². The van der Waals surface area contributed by atoms with Crippen molar-refractivity contribution in [1.29, 1.82) is 0 Å². The quantitative estimate of drug-likeness (QED) is 0.607. The molecule has 1 heterocycles. The van der Waals surface area contributed by atoms with E-state index in [0.717, 1.165) is 9.37 Å². The summed E-state index contributed by atoms with van der Waals surface area (Å²) in [5.41, 5.74) is 0.784. The number of carbonyl (C=O) groups excluding carboxylic acids is 3. The van der Waals surface area contributed by atoms with Crippen LogP contribution in [0.15, 0.2) is 58.0 Å². The lowest BCUT2D eigenvalue weighted by Crippen LogP contribution is -2.58. The van der Waals surface area contributed by atoms with Crippen LogP contribution in [0.4, 0.5) is 16.2 Å². The number of urea groups is 1. The van der Waals surface area contributed by atoms with E-state index in [0.29, 0.717) is 16.4 Å². The fraction of sp³-hybridized carbons (Fsp3) is 0.0588. The molecule has 1 N–H and O–H groups in total. The molecule has 4 amide bonds. The second-order valence-electron chi connectivity index (χ2n) is 5.15. The van der Waals surface area contributed by atoms with E-state index in [2.05, 4.69) is 26.2 Å². The summed E-state index contributed by atoms with van der Waals surface area (Å²) < 4.78 is 0.800. The molecule has 0 saturated carbocycles. The number of nitrogens with one attached hydrogen (secondary N) is 1. The highest BCUT2D eigenvalue weighted by Gasteiger charge is 2.40. The summed E-state index contributed by atoms with van der Waals surface area (Å²) in [4.78, 5) is 41.8. The van der Waals surface area contributed by atoms with Gasteiger partial charge >= 0.3 is 6.03 Å². The number of anilines is 1. The Bertz CT molecular complexity index is 883. The van der Waals surface area contributed by atoms with E-state index < -0.39 is 23.8 Å². The van der Waals surface area contributed by atoms with Gasteiger partial charge in [-0.3, -0.25) is 19.9 Å². The number of imide groups is 2. The maximum absolute atomic E-state index is 12.6. The fourth-order valence-electron chi connectivity index (χ4n) is 2.27. The van der Waals surface area contributed by atoms with Gasteiger partial charge in [0.1, 0.15) is 0 Å². The van der Waals surface area contributed by atoms with Gasteiger partial charge in [0.25, 0.3) is 5.91 Å². The molecule has 6 nitrogen and oxygen atoms in total. The highest BCUT2D eigenvalue weighted by molar-refractivity contribution is 9.10. The van der Waals surface area contributed by atoms with E-state index in [9.17, 15) is 14.4 Å². The van der Waals surface area contributed by atoms with Crippen LogP contribution >= 0.6 is 27.5 Å². The van der Waals surface area contributed by atoms with Crippen molar-refractivity contribution in [3.63, 3.8) is 0 Å². The molecule has 0 aromatic heterocycles. The van der Waals surface area contributed by atoms with Crippen LogP contribution in [0.25, 0.3) is 0 Å². The summed E-state index contributed by atoms with van der Waals surface area (Å²) in [5, 5.41) is 2.56.